The molecule has 1 saturated heterocycles. The van der Waals surface area contributed by atoms with Crippen molar-refractivity contribution in [3.05, 3.63) is 34.8 Å². The largest absolute Gasteiger partial charge is 0.495 e. The van der Waals surface area contributed by atoms with Crippen LogP contribution in [0.25, 0.3) is 6.08 Å². The summed E-state index contributed by atoms with van der Waals surface area (Å²) in [5, 5.41) is 0.587. The van der Waals surface area contributed by atoms with Gasteiger partial charge in [-0.1, -0.05) is 29.7 Å². The smallest absolute Gasteiger partial charge is 0.487 e. The van der Waals surface area contributed by atoms with Crippen LogP contribution in [-0.2, 0) is 9.31 Å². The van der Waals surface area contributed by atoms with Gasteiger partial charge in [0, 0.05) is 0 Å². The number of rotatable bonds is 3. The molecule has 0 spiro atoms. The fraction of sp³-hybridized carbons (Fsp3) is 0.467. The van der Waals surface area contributed by atoms with E-state index in [-0.39, 0.29) is 18.3 Å². The summed E-state index contributed by atoms with van der Waals surface area (Å²) in [6.07, 6.45) is 1.94. The highest BCUT2D eigenvalue weighted by Crippen LogP contribution is 2.37. The number of hydrogen-bond acceptors (Lipinski definition) is 3. The lowest BCUT2D eigenvalue weighted by Gasteiger charge is -2.32. The third-order valence-corrected chi connectivity index (χ3v) is 4.19. The monoisotopic (exact) mass is 294 g/mol. The third-order valence-electron chi connectivity index (χ3n) is 3.89. The van der Waals surface area contributed by atoms with Gasteiger partial charge in [-0.25, -0.2) is 0 Å². The van der Waals surface area contributed by atoms with Crippen LogP contribution in [0.1, 0.15) is 33.3 Å². The summed E-state index contributed by atoms with van der Waals surface area (Å²) in [5.41, 5.74) is 0.338. The Labute approximate surface area is 126 Å². The molecule has 1 fully saturated rings. The van der Waals surface area contributed by atoms with Crippen LogP contribution in [0.5, 0.6) is 5.75 Å². The summed E-state index contributed by atoms with van der Waals surface area (Å²) in [6, 6.07) is 5.63. The SMILES string of the molecule is COc1ccc(/C=C/B2OC(C)(C)C(C)(C)O2)cc1Cl. The van der Waals surface area contributed by atoms with Crippen LogP contribution >= 0.6 is 11.6 Å². The van der Waals surface area contributed by atoms with Gasteiger partial charge in [0.25, 0.3) is 0 Å². The molecule has 0 saturated carbocycles. The molecule has 2 rings (SSSR count). The zero-order valence-electron chi connectivity index (χ0n) is 12.6. The second kappa shape index (κ2) is 5.43. The normalized spacial score (nSPS) is 20.6. The topological polar surface area (TPSA) is 27.7 Å². The molecule has 5 heteroatoms. The molecule has 0 aliphatic carbocycles. The van der Waals surface area contributed by atoms with E-state index < -0.39 is 0 Å². The lowest BCUT2D eigenvalue weighted by molar-refractivity contribution is 0.00578. The molecule has 0 amide bonds. The summed E-state index contributed by atoms with van der Waals surface area (Å²) < 4.78 is 16.9. The van der Waals surface area contributed by atoms with E-state index in [4.69, 9.17) is 25.6 Å². The zero-order valence-corrected chi connectivity index (χ0v) is 13.3. The molecular weight excluding hydrogens is 274 g/mol. The summed E-state index contributed by atoms with van der Waals surface area (Å²) in [4.78, 5) is 0. The molecular formula is C15H20BClO3. The molecule has 1 aromatic carbocycles. The summed E-state index contributed by atoms with van der Waals surface area (Å²) >= 11 is 6.09. The molecule has 0 radical (unpaired) electrons. The van der Waals surface area contributed by atoms with Crippen molar-refractivity contribution >= 4 is 24.8 Å². The Hall–Kier alpha value is -0.965. The molecule has 108 valence electrons. The molecule has 1 heterocycles. The molecule has 1 aromatic rings. The Bertz CT molecular complexity index is 510. The van der Waals surface area contributed by atoms with E-state index in [1.807, 2.05) is 57.9 Å². The molecule has 0 unspecified atom stereocenters. The quantitative estimate of drug-likeness (QED) is 0.789. The highest BCUT2D eigenvalue weighted by Gasteiger charge is 2.49. The maximum atomic E-state index is 6.09. The van der Waals surface area contributed by atoms with E-state index >= 15 is 0 Å². The van der Waals surface area contributed by atoms with Crippen molar-refractivity contribution in [2.24, 2.45) is 0 Å². The predicted molar refractivity (Wildman–Crippen MR) is 83.1 cm³/mol. The third kappa shape index (κ3) is 3.03. The number of methoxy groups -OCH3 is 1. The number of ether oxygens (including phenoxy) is 1. The van der Waals surface area contributed by atoms with E-state index in [0.717, 1.165) is 5.56 Å². The molecule has 20 heavy (non-hydrogen) atoms. The van der Waals surface area contributed by atoms with Crippen LogP contribution in [0.15, 0.2) is 24.2 Å². The van der Waals surface area contributed by atoms with Crippen LogP contribution in [0.4, 0.5) is 0 Å². The first-order valence-corrected chi connectivity index (χ1v) is 7.00. The minimum Gasteiger partial charge on any atom is -0.495 e. The second-order valence-electron chi connectivity index (χ2n) is 5.88. The van der Waals surface area contributed by atoms with Gasteiger partial charge >= 0.3 is 7.12 Å². The van der Waals surface area contributed by atoms with Crippen LogP contribution in [0.2, 0.25) is 5.02 Å². The molecule has 1 aliphatic heterocycles. The van der Waals surface area contributed by atoms with Crippen LogP contribution < -0.4 is 4.74 Å². The average molecular weight is 295 g/mol. The highest BCUT2D eigenvalue weighted by atomic mass is 35.5. The maximum absolute atomic E-state index is 6.09. The maximum Gasteiger partial charge on any atom is 0.487 e. The van der Waals surface area contributed by atoms with Crippen molar-refractivity contribution in [2.45, 2.75) is 38.9 Å². The Balaban J connectivity index is 2.10. The standard InChI is InChI=1S/C15H20BClO3/c1-14(2)15(3,4)20-16(19-14)9-8-11-6-7-13(18-5)12(17)10-11/h6-10H,1-5H3/b9-8+. The van der Waals surface area contributed by atoms with Crippen molar-refractivity contribution < 1.29 is 14.0 Å². The number of hydrogen-bond donors (Lipinski definition) is 0. The first-order chi connectivity index (χ1) is 9.25. The van der Waals surface area contributed by atoms with Gasteiger partial charge in [0.1, 0.15) is 5.75 Å². The Morgan fingerprint density at radius 2 is 1.75 bits per heavy atom. The van der Waals surface area contributed by atoms with E-state index in [2.05, 4.69) is 0 Å². The summed E-state index contributed by atoms with van der Waals surface area (Å²) in [5.74, 6) is 2.56. The van der Waals surface area contributed by atoms with Crippen molar-refractivity contribution in [3.8, 4) is 5.75 Å². The lowest BCUT2D eigenvalue weighted by atomic mass is 9.89. The van der Waals surface area contributed by atoms with Gasteiger partial charge < -0.3 is 14.0 Å². The minimum absolute atomic E-state index is 0.320. The van der Waals surface area contributed by atoms with Gasteiger partial charge in [0.15, 0.2) is 0 Å². The number of benzene rings is 1. The second-order valence-corrected chi connectivity index (χ2v) is 6.29. The molecule has 3 nitrogen and oxygen atoms in total. The fourth-order valence-electron chi connectivity index (χ4n) is 1.94. The van der Waals surface area contributed by atoms with Crippen LogP contribution in [0.3, 0.4) is 0 Å². The van der Waals surface area contributed by atoms with Crippen LogP contribution in [0, 0.1) is 0 Å². The van der Waals surface area contributed by atoms with Crippen LogP contribution in [-0.4, -0.2) is 25.4 Å². The highest BCUT2D eigenvalue weighted by molar-refractivity contribution is 6.52. The van der Waals surface area contributed by atoms with Gasteiger partial charge in [0.05, 0.1) is 23.3 Å². The van der Waals surface area contributed by atoms with Gasteiger partial charge in [-0.15, -0.1) is 0 Å². The fourth-order valence-corrected chi connectivity index (χ4v) is 2.21. The van der Waals surface area contributed by atoms with Crippen molar-refractivity contribution in [1.82, 2.24) is 0 Å². The first kappa shape index (κ1) is 15.4. The average Bonchev–Trinajstić information content (AvgIpc) is 2.55. The Kier molecular flexibility index (Phi) is 4.19. The minimum atomic E-state index is -0.346. The van der Waals surface area contributed by atoms with Gasteiger partial charge in [-0.3, -0.25) is 0 Å². The zero-order chi connectivity index (χ0) is 15.0. The molecule has 0 bridgehead atoms. The van der Waals surface area contributed by atoms with E-state index in [1.54, 1.807) is 7.11 Å². The van der Waals surface area contributed by atoms with Gasteiger partial charge in [0.2, 0.25) is 0 Å². The number of halogens is 1. The predicted octanol–water partition coefficient (Wildman–Crippen LogP) is 3.99. The summed E-state index contributed by atoms with van der Waals surface area (Å²) in [6.45, 7) is 8.13. The van der Waals surface area contributed by atoms with Gasteiger partial charge in [-0.05, 0) is 45.4 Å². The molecule has 0 N–H and O–H groups in total. The molecule has 0 atom stereocenters. The molecule has 1 aliphatic rings. The summed E-state index contributed by atoms with van der Waals surface area (Å²) in [7, 11) is 1.25. The Morgan fingerprint density at radius 1 is 1.15 bits per heavy atom. The lowest BCUT2D eigenvalue weighted by Crippen LogP contribution is -2.41. The van der Waals surface area contributed by atoms with Gasteiger partial charge in [-0.2, -0.15) is 0 Å². The molecule has 0 aromatic heterocycles. The van der Waals surface area contributed by atoms with E-state index in [9.17, 15) is 0 Å². The first-order valence-electron chi connectivity index (χ1n) is 6.62. The van der Waals surface area contributed by atoms with Crippen molar-refractivity contribution in [3.63, 3.8) is 0 Å². The van der Waals surface area contributed by atoms with E-state index in [0.29, 0.717) is 10.8 Å². The van der Waals surface area contributed by atoms with Crippen molar-refractivity contribution in [2.75, 3.05) is 7.11 Å². The van der Waals surface area contributed by atoms with Crippen molar-refractivity contribution in [1.29, 1.82) is 0 Å². The Morgan fingerprint density at radius 3 is 2.25 bits per heavy atom. The van der Waals surface area contributed by atoms with E-state index in [1.165, 1.54) is 0 Å².